The second-order valence-electron chi connectivity index (χ2n) is 0.902. The molecule has 0 saturated heterocycles. The van der Waals surface area contributed by atoms with E-state index in [1.54, 1.807) is 0 Å². The monoisotopic (exact) mass is 140 g/mol. The summed E-state index contributed by atoms with van der Waals surface area (Å²) in [5.74, 6) is 8.05. The molecule has 0 fully saturated rings. The second kappa shape index (κ2) is 6.73. The predicted octanol–water partition coefficient (Wildman–Crippen LogP) is -5.49. The molecular formula is CH9ClN6. The molecule has 0 radical (unpaired) electrons. The Morgan fingerprint density at radius 2 is 2.25 bits per heavy atom. The summed E-state index contributed by atoms with van der Waals surface area (Å²) < 4.78 is 0. The zero-order valence-electron chi connectivity index (χ0n) is 4.19. The first-order valence-corrected chi connectivity index (χ1v) is 1.70. The lowest BCUT2D eigenvalue weighted by atomic mass is 10.9. The van der Waals surface area contributed by atoms with Crippen LogP contribution in [0, 0.1) is 5.53 Å². The van der Waals surface area contributed by atoms with Crippen LogP contribution < -0.4 is 34.9 Å². The number of nitrogens with two attached hydrogens (primary N) is 1. The van der Waals surface area contributed by atoms with Gasteiger partial charge in [-0.05, 0) is 0 Å². The minimum atomic E-state index is -0.556. The molecule has 50 valence electrons. The molecule has 0 aliphatic rings. The minimum Gasteiger partial charge on any atom is -1.00 e. The highest BCUT2D eigenvalue weighted by Crippen LogP contribution is 1.65. The Kier molecular flexibility index (Phi) is 8.97. The fraction of sp³-hybridized carbons (Fsp3) is 1.00. The number of nitrogens with one attached hydrogen (secondary N) is 3. The van der Waals surface area contributed by atoms with E-state index in [4.69, 9.17) is 11.4 Å². The molecule has 6 nitrogen and oxygen atoms in total. The van der Waals surface area contributed by atoms with Crippen LogP contribution in [0.5, 0.6) is 0 Å². The number of quaternary nitrogens is 1. The second-order valence-corrected chi connectivity index (χ2v) is 0.902. The van der Waals surface area contributed by atoms with Crippen molar-refractivity contribution in [1.29, 1.82) is 5.53 Å². The molecule has 0 saturated carbocycles. The van der Waals surface area contributed by atoms with Gasteiger partial charge in [-0.1, -0.05) is 0 Å². The molecule has 0 spiro atoms. The van der Waals surface area contributed by atoms with Crippen molar-refractivity contribution >= 4 is 0 Å². The van der Waals surface area contributed by atoms with Gasteiger partial charge in [0.1, 0.15) is 0 Å². The van der Waals surface area contributed by atoms with Crippen molar-refractivity contribution in [3.63, 3.8) is 0 Å². The quantitative estimate of drug-likeness (QED) is 0.117. The van der Waals surface area contributed by atoms with Gasteiger partial charge in [-0.3, -0.25) is 11.7 Å². The van der Waals surface area contributed by atoms with Crippen LogP contribution in [-0.4, -0.2) is 6.29 Å². The van der Waals surface area contributed by atoms with Gasteiger partial charge in [-0.15, -0.1) is 5.43 Å². The summed E-state index contributed by atoms with van der Waals surface area (Å²) in [6.45, 7) is 0. The van der Waals surface area contributed by atoms with E-state index in [0.717, 1.165) is 0 Å². The molecule has 8 N–H and O–H groups in total. The highest BCUT2D eigenvalue weighted by molar-refractivity contribution is 4.38. The van der Waals surface area contributed by atoms with Crippen molar-refractivity contribution in [2.24, 2.45) is 11.0 Å². The Balaban J connectivity index is 0. The maximum atomic E-state index is 6.34. The van der Waals surface area contributed by atoms with Gasteiger partial charge in [0.05, 0.1) is 0 Å². The Morgan fingerprint density at radius 3 is 2.25 bits per heavy atom. The van der Waals surface area contributed by atoms with E-state index < -0.39 is 6.29 Å². The van der Waals surface area contributed by atoms with Gasteiger partial charge in [0.25, 0.3) is 0 Å². The molecule has 7 heteroatoms. The molecule has 0 aromatic rings. The fourth-order valence-electron chi connectivity index (χ4n) is 0.142. The van der Waals surface area contributed by atoms with E-state index in [2.05, 4.69) is 21.8 Å². The van der Waals surface area contributed by atoms with Crippen LogP contribution in [0.3, 0.4) is 0 Å². The van der Waals surface area contributed by atoms with Crippen molar-refractivity contribution in [2.75, 3.05) is 0 Å². The van der Waals surface area contributed by atoms with Crippen molar-refractivity contribution in [3.8, 4) is 0 Å². The molecule has 0 bridgehead atoms. The van der Waals surface area contributed by atoms with E-state index in [0.29, 0.717) is 0 Å². The average Bonchev–Trinajstić information content (AvgIpc) is 1.72. The van der Waals surface area contributed by atoms with E-state index in [1.165, 1.54) is 0 Å². The molecule has 0 heterocycles. The molecule has 0 aliphatic heterocycles. The maximum Gasteiger partial charge on any atom is 0.228 e. The van der Waals surface area contributed by atoms with Crippen LogP contribution in [0.15, 0.2) is 5.11 Å². The van der Waals surface area contributed by atoms with Gasteiger partial charge in [-0.2, -0.15) is 5.11 Å². The first-order chi connectivity index (χ1) is 3.35. The van der Waals surface area contributed by atoms with Crippen LogP contribution in [0.4, 0.5) is 0 Å². The maximum absolute atomic E-state index is 6.34. The topological polar surface area (TPSA) is 114 Å². The van der Waals surface area contributed by atoms with Gasteiger partial charge in [0, 0.05) is 0 Å². The lowest BCUT2D eigenvalue weighted by molar-refractivity contribution is -0.453. The lowest BCUT2D eigenvalue weighted by Gasteiger charge is -2.00. The van der Waals surface area contributed by atoms with E-state index in [-0.39, 0.29) is 12.4 Å². The Labute approximate surface area is 52.8 Å². The summed E-state index contributed by atoms with van der Waals surface area (Å²) in [5.41, 5.74) is 10.9. The van der Waals surface area contributed by atoms with Gasteiger partial charge < -0.3 is 12.4 Å². The SMILES string of the molecule is N=NC(NN)N[NH3+].[Cl-]. The summed E-state index contributed by atoms with van der Waals surface area (Å²) in [4.78, 5) is 0. The molecule has 8 heavy (non-hydrogen) atoms. The predicted molar refractivity (Wildman–Crippen MR) is 22.3 cm³/mol. The lowest BCUT2D eigenvalue weighted by Crippen LogP contribution is -3.00. The molecule has 0 aliphatic carbocycles. The summed E-state index contributed by atoms with van der Waals surface area (Å²) in [5, 5.41) is 2.97. The average molecular weight is 141 g/mol. The van der Waals surface area contributed by atoms with Crippen molar-refractivity contribution in [2.45, 2.75) is 6.29 Å². The van der Waals surface area contributed by atoms with Crippen LogP contribution in [0.2, 0.25) is 0 Å². The van der Waals surface area contributed by atoms with E-state index in [9.17, 15) is 0 Å². The van der Waals surface area contributed by atoms with E-state index >= 15 is 0 Å². The number of hydrogen-bond acceptors (Lipinski definition) is 5. The smallest absolute Gasteiger partial charge is 0.228 e. The highest BCUT2D eigenvalue weighted by Gasteiger charge is 1.96. The van der Waals surface area contributed by atoms with Crippen LogP contribution >= 0.6 is 0 Å². The summed E-state index contributed by atoms with van der Waals surface area (Å²) in [6, 6.07) is 0. The van der Waals surface area contributed by atoms with Gasteiger partial charge >= 0.3 is 0 Å². The third-order valence-corrected chi connectivity index (χ3v) is 0.480. The molecule has 0 amide bonds. The minimum absolute atomic E-state index is 0. The van der Waals surface area contributed by atoms with Crippen LogP contribution in [-0.2, 0) is 0 Å². The number of nitrogens with zero attached hydrogens (tertiary/aromatic N) is 1. The number of halogens is 1. The third kappa shape index (κ3) is 3.90. The van der Waals surface area contributed by atoms with Gasteiger partial charge in [-0.25, -0.2) is 11.0 Å². The Morgan fingerprint density at radius 1 is 1.75 bits per heavy atom. The molecule has 0 aromatic heterocycles. The van der Waals surface area contributed by atoms with Gasteiger partial charge in [0.15, 0.2) is 0 Å². The Bertz CT molecular complexity index is 50.5. The summed E-state index contributed by atoms with van der Waals surface area (Å²) in [6.07, 6.45) is -0.556. The molecule has 0 rings (SSSR count). The van der Waals surface area contributed by atoms with Crippen LogP contribution in [0.1, 0.15) is 0 Å². The summed E-state index contributed by atoms with van der Waals surface area (Å²) >= 11 is 0. The fourth-order valence-corrected chi connectivity index (χ4v) is 0.142. The molecule has 1 atom stereocenters. The van der Waals surface area contributed by atoms with Crippen molar-refractivity contribution in [1.82, 2.24) is 10.9 Å². The van der Waals surface area contributed by atoms with E-state index in [1.807, 2.05) is 0 Å². The highest BCUT2D eigenvalue weighted by atomic mass is 35.5. The molecule has 1 unspecified atom stereocenters. The number of hydrazine groups is 1. The van der Waals surface area contributed by atoms with Crippen molar-refractivity contribution in [3.05, 3.63) is 0 Å². The third-order valence-electron chi connectivity index (χ3n) is 0.480. The largest absolute Gasteiger partial charge is 1.00 e. The van der Waals surface area contributed by atoms with Gasteiger partial charge in [0.2, 0.25) is 6.29 Å². The zero-order chi connectivity index (χ0) is 5.70. The number of hydrogen-bond donors (Lipinski definition) is 5. The standard InChI is InChI=1S/CH8N6.ClH/c2-5-1(6-3)7-4;/h1-2,6-7H,3-4H2;1H. The van der Waals surface area contributed by atoms with Crippen LogP contribution in [0.25, 0.3) is 0 Å². The van der Waals surface area contributed by atoms with Crippen molar-refractivity contribution < 1.29 is 18.2 Å². The first-order valence-electron chi connectivity index (χ1n) is 1.70. The molecular weight excluding hydrogens is 132 g/mol. The summed E-state index contributed by atoms with van der Waals surface area (Å²) in [7, 11) is 0. The first kappa shape index (κ1) is 10.7. The molecule has 0 aromatic carbocycles. The normalized spacial score (nSPS) is 11.8. The zero-order valence-corrected chi connectivity index (χ0v) is 4.94. The number of rotatable bonds is 3. The Hall–Kier alpha value is -0.270.